The van der Waals surface area contributed by atoms with Gasteiger partial charge < -0.3 is 10.5 Å². The van der Waals surface area contributed by atoms with Gasteiger partial charge in [0.05, 0.1) is 12.8 Å². The molecule has 0 saturated heterocycles. The van der Waals surface area contributed by atoms with E-state index in [0.717, 1.165) is 12.0 Å². The highest BCUT2D eigenvalue weighted by molar-refractivity contribution is 5.32. The highest BCUT2D eigenvalue weighted by Crippen LogP contribution is 2.35. The van der Waals surface area contributed by atoms with Crippen LogP contribution in [0.4, 0.5) is 0 Å². The van der Waals surface area contributed by atoms with E-state index in [-0.39, 0.29) is 0 Å². The van der Waals surface area contributed by atoms with Crippen molar-refractivity contribution in [2.75, 3.05) is 13.7 Å². The lowest BCUT2D eigenvalue weighted by atomic mass is 9.84. The van der Waals surface area contributed by atoms with E-state index in [0.29, 0.717) is 18.3 Å². The van der Waals surface area contributed by atoms with Gasteiger partial charge in [-0.1, -0.05) is 19.3 Å². The van der Waals surface area contributed by atoms with Gasteiger partial charge in [-0.2, -0.15) is 0 Å². The van der Waals surface area contributed by atoms with Crippen LogP contribution in [0.1, 0.15) is 49.3 Å². The molecule has 1 heterocycles. The van der Waals surface area contributed by atoms with Crippen molar-refractivity contribution < 1.29 is 4.74 Å². The smallest absolute Gasteiger partial charge is 0.219 e. The van der Waals surface area contributed by atoms with Crippen molar-refractivity contribution in [2.45, 2.75) is 44.4 Å². The van der Waals surface area contributed by atoms with E-state index in [9.17, 15) is 0 Å². The standard InChI is InChI=1S/C13H21N3O/c1-17-13-11(7-8-14)12(15-9-16-13)10-5-3-2-4-6-10/h9-10H,2-8,14H2,1H3. The average Bonchev–Trinajstić information content (AvgIpc) is 2.40. The summed E-state index contributed by atoms with van der Waals surface area (Å²) < 4.78 is 5.32. The van der Waals surface area contributed by atoms with E-state index in [1.54, 1.807) is 13.4 Å². The summed E-state index contributed by atoms with van der Waals surface area (Å²) in [6.45, 7) is 0.615. The topological polar surface area (TPSA) is 61.0 Å². The Labute approximate surface area is 103 Å². The molecule has 0 spiro atoms. The first kappa shape index (κ1) is 12.3. The Bertz CT molecular complexity index is 362. The van der Waals surface area contributed by atoms with Gasteiger partial charge in [0.1, 0.15) is 6.33 Å². The molecule has 94 valence electrons. The minimum absolute atomic E-state index is 0.571. The van der Waals surface area contributed by atoms with Crippen molar-refractivity contribution in [3.05, 3.63) is 17.6 Å². The van der Waals surface area contributed by atoms with Gasteiger partial charge >= 0.3 is 0 Å². The summed E-state index contributed by atoms with van der Waals surface area (Å²) in [6.07, 6.45) is 8.84. The number of hydrogen-bond donors (Lipinski definition) is 1. The molecule has 1 aliphatic carbocycles. The Morgan fingerprint density at radius 1 is 1.29 bits per heavy atom. The Morgan fingerprint density at radius 3 is 2.71 bits per heavy atom. The van der Waals surface area contributed by atoms with Crippen molar-refractivity contribution in [1.29, 1.82) is 0 Å². The van der Waals surface area contributed by atoms with Crippen LogP contribution in [0, 0.1) is 0 Å². The molecule has 0 aliphatic heterocycles. The molecule has 2 N–H and O–H groups in total. The Kier molecular flexibility index (Phi) is 4.31. The van der Waals surface area contributed by atoms with E-state index in [4.69, 9.17) is 10.5 Å². The first-order chi connectivity index (χ1) is 8.36. The van der Waals surface area contributed by atoms with Crippen molar-refractivity contribution in [3.63, 3.8) is 0 Å². The van der Waals surface area contributed by atoms with Crippen LogP contribution in [0.5, 0.6) is 5.88 Å². The molecule has 1 fully saturated rings. The minimum Gasteiger partial charge on any atom is -0.481 e. The number of rotatable bonds is 4. The molecular formula is C13H21N3O. The second-order valence-electron chi connectivity index (χ2n) is 4.62. The van der Waals surface area contributed by atoms with Crippen LogP contribution in [0.25, 0.3) is 0 Å². The van der Waals surface area contributed by atoms with Gasteiger partial charge in [-0.15, -0.1) is 0 Å². The first-order valence-corrected chi connectivity index (χ1v) is 6.44. The lowest BCUT2D eigenvalue weighted by molar-refractivity contribution is 0.383. The summed E-state index contributed by atoms with van der Waals surface area (Å²) in [4.78, 5) is 8.67. The average molecular weight is 235 g/mol. The maximum Gasteiger partial charge on any atom is 0.219 e. The number of nitrogens with zero attached hydrogens (tertiary/aromatic N) is 2. The molecule has 0 radical (unpaired) electrons. The number of methoxy groups -OCH3 is 1. The van der Waals surface area contributed by atoms with Gasteiger partial charge in [0.15, 0.2) is 0 Å². The van der Waals surface area contributed by atoms with Gasteiger partial charge in [0.25, 0.3) is 0 Å². The molecule has 17 heavy (non-hydrogen) atoms. The number of aromatic nitrogens is 2. The minimum atomic E-state index is 0.571. The molecule has 0 atom stereocenters. The molecule has 0 aromatic carbocycles. The number of ether oxygens (including phenoxy) is 1. The molecular weight excluding hydrogens is 214 g/mol. The zero-order chi connectivity index (χ0) is 12.1. The van der Waals surface area contributed by atoms with Crippen molar-refractivity contribution >= 4 is 0 Å². The summed E-state index contributed by atoms with van der Waals surface area (Å²) in [5.74, 6) is 1.27. The second-order valence-corrected chi connectivity index (χ2v) is 4.62. The number of nitrogens with two attached hydrogens (primary N) is 1. The van der Waals surface area contributed by atoms with Crippen LogP contribution in [-0.4, -0.2) is 23.6 Å². The fraction of sp³-hybridized carbons (Fsp3) is 0.692. The van der Waals surface area contributed by atoms with Gasteiger partial charge in [-0.25, -0.2) is 9.97 Å². The molecule has 4 heteroatoms. The SMILES string of the molecule is COc1ncnc(C2CCCCC2)c1CCN. The van der Waals surface area contributed by atoms with Gasteiger partial charge in [0, 0.05) is 11.5 Å². The third-order valence-electron chi connectivity index (χ3n) is 3.52. The van der Waals surface area contributed by atoms with Crippen molar-refractivity contribution in [3.8, 4) is 5.88 Å². The molecule has 1 aliphatic rings. The zero-order valence-electron chi connectivity index (χ0n) is 10.5. The molecule has 1 aromatic heterocycles. The third kappa shape index (κ3) is 2.75. The van der Waals surface area contributed by atoms with Gasteiger partial charge in [-0.3, -0.25) is 0 Å². The Morgan fingerprint density at radius 2 is 2.06 bits per heavy atom. The number of hydrogen-bond acceptors (Lipinski definition) is 4. The summed E-state index contributed by atoms with van der Waals surface area (Å²) >= 11 is 0. The Hall–Kier alpha value is -1.16. The second kappa shape index (κ2) is 5.96. The van der Waals surface area contributed by atoms with Gasteiger partial charge in [0.2, 0.25) is 5.88 Å². The van der Waals surface area contributed by atoms with E-state index >= 15 is 0 Å². The normalized spacial score (nSPS) is 17.1. The third-order valence-corrected chi connectivity index (χ3v) is 3.52. The molecule has 0 bridgehead atoms. The maximum atomic E-state index is 5.67. The first-order valence-electron chi connectivity index (χ1n) is 6.44. The zero-order valence-corrected chi connectivity index (χ0v) is 10.5. The van der Waals surface area contributed by atoms with E-state index in [2.05, 4.69) is 9.97 Å². The maximum absolute atomic E-state index is 5.67. The van der Waals surface area contributed by atoms with Crippen molar-refractivity contribution in [2.24, 2.45) is 5.73 Å². The van der Waals surface area contributed by atoms with Crippen LogP contribution in [-0.2, 0) is 6.42 Å². The summed E-state index contributed by atoms with van der Waals surface area (Å²) in [7, 11) is 1.66. The molecule has 0 unspecified atom stereocenters. The van der Waals surface area contributed by atoms with Crippen molar-refractivity contribution in [1.82, 2.24) is 9.97 Å². The van der Waals surface area contributed by atoms with E-state index < -0.39 is 0 Å². The summed E-state index contributed by atoms with van der Waals surface area (Å²) in [5.41, 5.74) is 7.96. The van der Waals surface area contributed by atoms with Crippen LogP contribution in [0.3, 0.4) is 0 Å². The van der Waals surface area contributed by atoms with E-state index in [1.807, 2.05) is 0 Å². The van der Waals surface area contributed by atoms with Crippen LogP contribution in [0.15, 0.2) is 6.33 Å². The lowest BCUT2D eigenvalue weighted by Crippen LogP contribution is -2.14. The fourth-order valence-corrected chi connectivity index (χ4v) is 2.69. The largest absolute Gasteiger partial charge is 0.481 e. The lowest BCUT2D eigenvalue weighted by Gasteiger charge is -2.23. The van der Waals surface area contributed by atoms with Crippen LogP contribution < -0.4 is 10.5 Å². The molecule has 1 saturated carbocycles. The summed E-state index contributed by atoms with van der Waals surface area (Å²) in [5, 5.41) is 0. The fourth-order valence-electron chi connectivity index (χ4n) is 2.69. The van der Waals surface area contributed by atoms with Crippen LogP contribution >= 0.6 is 0 Å². The van der Waals surface area contributed by atoms with E-state index in [1.165, 1.54) is 37.8 Å². The predicted molar refractivity (Wildman–Crippen MR) is 67.2 cm³/mol. The monoisotopic (exact) mass is 235 g/mol. The van der Waals surface area contributed by atoms with Gasteiger partial charge in [-0.05, 0) is 25.8 Å². The van der Waals surface area contributed by atoms with Crippen LogP contribution in [0.2, 0.25) is 0 Å². The predicted octanol–water partition coefficient (Wildman–Crippen LogP) is 2.03. The highest BCUT2D eigenvalue weighted by Gasteiger charge is 2.22. The molecule has 1 aromatic rings. The summed E-state index contributed by atoms with van der Waals surface area (Å²) in [6, 6.07) is 0. The molecule has 4 nitrogen and oxygen atoms in total. The molecule has 0 amide bonds. The molecule has 2 rings (SSSR count). The Balaban J connectivity index is 2.30. The highest BCUT2D eigenvalue weighted by atomic mass is 16.5. The quantitative estimate of drug-likeness (QED) is 0.867.